The molecule has 0 radical (unpaired) electrons. The molecule has 136 valence electrons. The number of aromatic hydroxyl groups is 1. The molecule has 0 bridgehead atoms. The van der Waals surface area contributed by atoms with E-state index in [-0.39, 0.29) is 5.75 Å². The molecule has 0 aliphatic carbocycles. The van der Waals surface area contributed by atoms with Gasteiger partial charge in [-0.25, -0.2) is 0 Å². The van der Waals surface area contributed by atoms with Gasteiger partial charge in [0.15, 0.2) is 0 Å². The third-order valence-electron chi connectivity index (χ3n) is 3.94. The van der Waals surface area contributed by atoms with Gasteiger partial charge in [-0.15, -0.1) is 0 Å². The lowest BCUT2D eigenvalue weighted by Gasteiger charge is -2.17. The molecule has 0 aromatic heterocycles. The number of carbonyl (C=O) groups is 2. The fourth-order valence-corrected chi connectivity index (χ4v) is 2.46. The van der Waals surface area contributed by atoms with Gasteiger partial charge in [-0.2, -0.15) is 0 Å². The quantitative estimate of drug-likeness (QED) is 0.619. The molecule has 3 aromatic rings. The molecule has 0 aliphatic heterocycles. The van der Waals surface area contributed by atoms with Gasteiger partial charge < -0.3 is 20.6 Å². The number of nitrogens with one attached hydrogen (secondary N) is 2. The van der Waals surface area contributed by atoms with E-state index in [0.717, 1.165) is 11.4 Å². The molecule has 2 amide bonds. The average Bonchev–Trinajstić information content (AvgIpc) is 2.69. The van der Waals surface area contributed by atoms with Crippen LogP contribution in [-0.4, -0.2) is 24.0 Å². The largest absolute Gasteiger partial charge is 0.508 e. The second kappa shape index (κ2) is 8.05. The predicted molar refractivity (Wildman–Crippen MR) is 106 cm³/mol. The van der Waals surface area contributed by atoms with Gasteiger partial charge in [-0.05, 0) is 60.7 Å². The number of anilines is 4. The number of carbonyl (C=O) groups excluding carboxylic acids is 2. The Kier molecular flexibility index (Phi) is 5.37. The lowest BCUT2D eigenvalue weighted by Crippen LogP contribution is -2.37. The van der Waals surface area contributed by atoms with Gasteiger partial charge >= 0.3 is 11.8 Å². The van der Waals surface area contributed by atoms with Crippen molar-refractivity contribution in [3.8, 4) is 5.75 Å². The number of likely N-dealkylation sites (N-methyl/N-ethyl adjacent to an activating group) is 1. The van der Waals surface area contributed by atoms with E-state index in [4.69, 9.17) is 0 Å². The first-order valence-corrected chi connectivity index (χ1v) is 8.33. The molecule has 3 rings (SSSR count). The molecule has 0 unspecified atom stereocenters. The minimum absolute atomic E-state index is 0.0910. The van der Waals surface area contributed by atoms with E-state index in [0.29, 0.717) is 11.4 Å². The molecule has 0 fully saturated rings. The fraction of sp³-hybridized carbons (Fsp3) is 0.0476. The molecule has 0 saturated heterocycles. The third kappa shape index (κ3) is 4.64. The number of rotatable bonds is 4. The Morgan fingerprint density at radius 1 is 0.778 bits per heavy atom. The number of phenolic OH excluding ortho intramolecular Hbond substituents is 1. The fourth-order valence-electron chi connectivity index (χ4n) is 2.46. The van der Waals surface area contributed by atoms with Crippen molar-refractivity contribution in [2.75, 3.05) is 22.6 Å². The van der Waals surface area contributed by atoms with Crippen molar-refractivity contribution in [3.63, 3.8) is 0 Å². The summed E-state index contributed by atoms with van der Waals surface area (Å²) in [6.45, 7) is 0. The summed E-state index contributed by atoms with van der Waals surface area (Å²) in [5, 5.41) is 15.1. The van der Waals surface area contributed by atoms with E-state index in [1.807, 2.05) is 42.5 Å². The van der Waals surface area contributed by atoms with Crippen molar-refractivity contribution < 1.29 is 14.7 Å². The van der Waals surface area contributed by atoms with E-state index in [9.17, 15) is 14.7 Å². The summed E-state index contributed by atoms with van der Waals surface area (Å²) in [6, 6.07) is 22.8. The highest BCUT2D eigenvalue weighted by Crippen LogP contribution is 2.20. The van der Waals surface area contributed by atoms with Crippen LogP contribution in [0.4, 0.5) is 22.7 Å². The third-order valence-corrected chi connectivity index (χ3v) is 3.94. The van der Waals surface area contributed by atoms with Crippen LogP contribution in [0.2, 0.25) is 0 Å². The van der Waals surface area contributed by atoms with Crippen molar-refractivity contribution in [2.45, 2.75) is 0 Å². The van der Waals surface area contributed by atoms with Crippen molar-refractivity contribution >= 4 is 34.6 Å². The first-order valence-electron chi connectivity index (χ1n) is 8.33. The summed E-state index contributed by atoms with van der Waals surface area (Å²) < 4.78 is 0. The first kappa shape index (κ1) is 18.0. The molecule has 0 atom stereocenters. The molecule has 0 aliphatic rings. The van der Waals surface area contributed by atoms with Gasteiger partial charge in [0.2, 0.25) is 0 Å². The molecular formula is C21H19N3O3. The Hall–Kier alpha value is -3.80. The van der Waals surface area contributed by atoms with Gasteiger partial charge in [0.1, 0.15) is 5.75 Å². The summed E-state index contributed by atoms with van der Waals surface area (Å²) in [4.78, 5) is 25.7. The molecule has 0 heterocycles. The highest BCUT2D eigenvalue weighted by atomic mass is 16.3. The van der Waals surface area contributed by atoms with Crippen LogP contribution in [-0.2, 0) is 9.59 Å². The number of para-hydroxylation sites is 1. The highest BCUT2D eigenvalue weighted by Gasteiger charge is 2.20. The molecule has 27 heavy (non-hydrogen) atoms. The zero-order chi connectivity index (χ0) is 19.2. The summed E-state index contributed by atoms with van der Waals surface area (Å²) in [5.74, 6) is -1.35. The number of phenols is 1. The number of amides is 2. The highest BCUT2D eigenvalue weighted by molar-refractivity contribution is 6.44. The van der Waals surface area contributed by atoms with Crippen LogP contribution in [0.5, 0.6) is 5.75 Å². The molecule has 6 heteroatoms. The maximum absolute atomic E-state index is 12.3. The van der Waals surface area contributed by atoms with E-state index >= 15 is 0 Å². The lowest BCUT2D eigenvalue weighted by molar-refractivity contribution is -0.134. The summed E-state index contributed by atoms with van der Waals surface area (Å²) in [6.07, 6.45) is 0. The zero-order valence-electron chi connectivity index (χ0n) is 14.7. The number of benzene rings is 3. The Bertz CT molecular complexity index is 923. The normalized spacial score (nSPS) is 10.1. The van der Waals surface area contributed by atoms with Crippen molar-refractivity contribution in [1.29, 1.82) is 0 Å². The Labute approximate surface area is 157 Å². The molecule has 0 saturated carbocycles. The minimum Gasteiger partial charge on any atom is -0.508 e. The summed E-state index contributed by atoms with van der Waals surface area (Å²) in [5.41, 5.74) is 2.85. The number of nitrogens with zero attached hydrogens (tertiary/aromatic N) is 1. The maximum Gasteiger partial charge on any atom is 0.316 e. The maximum atomic E-state index is 12.3. The number of hydrogen-bond donors (Lipinski definition) is 3. The molecule has 3 aromatic carbocycles. The van der Waals surface area contributed by atoms with Crippen molar-refractivity contribution in [2.24, 2.45) is 0 Å². The van der Waals surface area contributed by atoms with Crippen LogP contribution in [0.25, 0.3) is 0 Å². The Morgan fingerprint density at radius 3 is 1.96 bits per heavy atom. The Morgan fingerprint density at radius 2 is 1.33 bits per heavy atom. The van der Waals surface area contributed by atoms with Crippen LogP contribution < -0.4 is 15.5 Å². The van der Waals surface area contributed by atoms with Crippen LogP contribution >= 0.6 is 0 Å². The van der Waals surface area contributed by atoms with Crippen LogP contribution in [0.1, 0.15) is 0 Å². The molecule has 0 spiro atoms. The van der Waals surface area contributed by atoms with Gasteiger partial charge in [0, 0.05) is 29.8 Å². The first-order chi connectivity index (χ1) is 13.0. The van der Waals surface area contributed by atoms with Crippen LogP contribution in [0.3, 0.4) is 0 Å². The van der Waals surface area contributed by atoms with Gasteiger partial charge in [0.05, 0.1) is 0 Å². The van der Waals surface area contributed by atoms with Gasteiger partial charge in [0.25, 0.3) is 0 Å². The zero-order valence-corrected chi connectivity index (χ0v) is 14.7. The van der Waals surface area contributed by atoms with Gasteiger partial charge in [-0.3, -0.25) is 9.59 Å². The summed E-state index contributed by atoms with van der Waals surface area (Å²) >= 11 is 0. The molecular weight excluding hydrogens is 342 g/mol. The molecule has 6 nitrogen and oxygen atoms in total. The van der Waals surface area contributed by atoms with E-state index < -0.39 is 11.8 Å². The second-order valence-corrected chi connectivity index (χ2v) is 5.90. The Balaban J connectivity index is 1.61. The minimum atomic E-state index is -0.741. The standard InChI is InChI=1S/C21H19N3O3/c1-24(18-11-13-19(25)14-12-18)21(27)20(26)23-17-9-7-16(8-10-17)22-15-5-3-2-4-6-15/h2-14,22,25H,1H3,(H,23,26). The van der Waals surface area contributed by atoms with E-state index in [1.54, 1.807) is 24.3 Å². The number of hydrogen-bond acceptors (Lipinski definition) is 4. The topological polar surface area (TPSA) is 81.7 Å². The monoisotopic (exact) mass is 361 g/mol. The predicted octanol–water partition coefficient (Wildman–Crippen LogP) is 3.74. The SMILES string of the molecule is CN(C(=O)C(=O)Nc1ccc(Nc2ccccc2)cc1)c1ccc(O)cc1. The second-order valence-electron chi connectivity index (χ2n) is 5.90. The van der Waals surface area contributed by atoms with E-state index in [1.165, 1.54) is 24.1 Å². The average molecular weight is 361 g/mol. The van der Waals surface area contributed by atoms with Crippen molar-refractivity contribution in [3.05, 3.63) is 78.9 Å². The van der Waals surface area contributed by atoms with Crippen LogP contribution in [0, 0.1) is 0 Å². The van der Waals surface area contributed by atoms with Crippen LogP contribution in [0.15, 0.2) is 78.9 Å². The summed E-state index contributed by atoms with van der Waals surface area (Å²) in [7, 11) is 1.50. The van der Waals surface area contributed by atoms with Gasteiger partial charge in [-0.1, -0.05) is 18.2 Å². The molecule has 3 N–H and O–H groups in total. The lowest BCUT2D eigenvalue weighted by atomic mass is 10.2. The van der Waals surface area contributed by atoms with Crippen molar-refractivity contribution in [1.82, 2.24) is 0 Å². The smallest absolute Gasteiger partial charge is 0.316 e. The van der Waals surface area contributed by atoms with E-state index in [2.05, 4.69) is 10.6 Å².